The van der Waals surface area contributed by atoms with Crippen LogP contribution in [0.1, 0.15) is 15.9 Å². The second kappa shape index (κ2) is 6.04. The van der Waals surface area contributed by atoms with Crippen LogP contribution in [0.25, 0.3) is 0 Å². The second-order valence-corrected chi connectivity index (χ2v) is 5.69. The van der Waals surface area contributed by atoms with Crippen LogP contribution in [-0.4, -0.2) is 5.78 Å². The van der Waals surface area contributed by atoms with Gasteiger partial charge in [-0.3, -0.25) is 4.79 Å². The monoisotopic (exact) mass is 360 g/mol. The summed E-state index contributed by atoms with van der Waals surface area (Å²) in [6.45, 7) is 0. The summed E-state index contributed by atoms with van der Waals surface area (Å²) in [6, 6.07) is 9.08. The van der Waals surface area contributed by atoms with E-state index >= 15 is 0 Å². The lowest BCUT2D eigenvalue weighted by atomic mass is 10.0. The zero-order valence-corrected chi connectivity index (χ0v) is 12.7. The number of hydrogen-bond acceptors (Lipinski definition) is 1. The Hall–Kier alpha value is -0.900. The Labute approximate surface area is 128 Å². The molecule has 2 aromatic rings. The highest BCUT2D eigenvalue weighted by Crippen LogP contribution is 2.26. The maximum absolute atomic E-state index is 13.3. The van der Waals surface area contributed by atoms with Crippen molar-refractivity contribution in [2.75, 3.05) is 0 Å². The van der Waals surface area contributed by atoms with Gasteiger partial charge in [-0.05, 0) is 35.9 Å². The van der Waals surface area contributed by atoms with Gasteiger partial charge in [0.05, 0.1) is 0 Å². The van der Waals surface area contributed by atoms with E-state index in [4.69, 9.17) is 23.2 Å². The van der Waals surface area contributed by atoms with Crippen LogP contribution in [0.3, 0.4) is 0 Å². The molecule has 0 saturated carbocycles. The SMILES string of the molecule is O=C(Cc1c(Cl)cccc1Cl)c1cc(F)cc(Br)c1. The summed E-state index contributed by atoms with van der Waals surface area (Å²) in [4.78, 5) is 12.1. The minimum absolute atomic E-state index is 0.0361. The van der Waals surface area contributed by atoms with Gasteiger partial charge in [0.2, 0.25) is 0 Å². The molecule has 0 heterocycles. The van der Waals surface area contributed by atoms with Crippen LogP contribution in [0, 0.1) is 5.82 Å². The Morgan fingerprint density at radius 1 is 1.16 bits per heavy atom. The number of rotatable bonds is 3. The quantitative estimate of drug-likeness (QED) is 0.676. The lowest BCUT2D eigenvalue weighted by Gasteiger charge is -2.07. The van der Waals surface area contributed by atoms with Gasteiger partial charge < -0.3 is 0 Å². The first-order valence-corrected chi connectivity index (χ1v) is 6.94. The van der Waals surface area contributed by atoms with Gasteiger partial charge >= 0.3 is 0 Å². The van der Waals surface area contributed by atoms with Crippen molar-refractivity contribution >= 4 is 44.9 Å². The zero-order chi connectivity index (χ0) is 14.0. The van der Waals surface area contributed by atoms with Crippen molar-refractivity contribution in [1.82, 2.24) is 0 Å². The first-order chi connectivity index (χ1) is 8.97. The smallest absolute Gasteiger partial charge is 0.167 e. The van der Waals surface area contributed by atoms with Crippen LogP contribution in [0.5, 0.6) is 0 Å². The van der Waals surface area contributed by atoms with Gasteiger partial charge in [-0.25, -0.2) is 4.39 Å². The van der Waals surface area contributed by atoms with Crippen molar-refractivity contribution in [1.29, 1.82) is 0 Å². The minimum atomic E-state index is -0.469. The molecule has 19 heavy (non-hydrogen) atoms. The molecule has 2 aromatic carbocycles. The van der Waals surface area contributed by atoms with Gasteiger partial charge in [-0.15, -0.1) is 0 Å². The van der Waals surface area contributed by atoms with E-state index in [-0.39, 0.29) is 17.8 Å². The molecule has 2 rings (SSSR count). The largest absolute Gasteiger partial charge is 0.294 e. The molecule has 98 valence electrons. The molecular weight excluding hydrogens is 354 g/mol. The topological polar surface area (TPSA) is 17.1 Å². The van der Waals surface area contributed by atoms with Crippen molar-refractivity contribution in [3.63, 3.8) is 0 Å². The van der Waals surface area contributed by atoms with Crippen LogP contribution < -0.4 is 0 Å². The molecule has 0 unspecified atom stereocenters. The van der Waals surface area contributed by atoms with Crippen molar-refractivity contribution in [3.8, 4) is 0 Å². The van der Waals surface area contributed by atoms with Crippen LogP contribution in [-0.2, 0) is 6.42 Å². The number of carbonyl (C=O) groups is 1. The molecule has 5 heteroatoms. The summed E-state index contributed by atoms with van der Waals surface area (Å²) in [5.74, 6) is -0.710. The molecule has 0 spiro atoms. The number of ketones is 1. The van der Waals surface area contributed by atoms with E-state index in [9.17, 15) is 9.18 Å². The Morgan fingerprint density at radius 3 is 2.37 bits per heavy atom. The fourth-order valence-corrected chi connectivity index (χ4v) is 2.68. The van der Waals surface area contributed by atoms with Crippen molar-refractivity contribution in [2.45, 2.75) is 6.42 Å². The molecule has 0 aliphatic rings. The van der Waals surface area contributed by atoms with Crippen molar-refractivity contribution in [3.05, 3.63) is 67.9 Å². The molecule has 0 radical (unpaired) electrons. The predicted molar refractivity (Wildman–Crippen MR) is 78.6 cm³/mol. The van der Waals surface area contributed by atoms with Crippen LogP contribution in [0.4, 0.5) is 4.39 Å². The number of carbonyl (C=O) groups excluding carboxylic acids is 1. The normalized spacial score (nSPS) is 10.5. The van der Waals surface area contributed by atoms with E-state index in [0.29, 0.717) is 20.1 Å². The van der Waals surface area contributed by atoms with E-state index in [2.05, 4.69) is 15.9 Å². The molecule has 0 aromatic heterocycles. The highest BCUT2D eigenvalue weighted by atomic mass is 79.9. The molecule has 0 fully saturated rings. The number of Topliss-reactive ketones (excluding diaryl/α,β-unsaturated/α-hetero) is 1. The number of halogens is 4. The summed E-state index contributed by atoms with van der Waals surface area (Å²) in [6.07, 6.45) is 0.0361. The standard InChI is InChI=1S/C14H8BrCl2FO/c15-9-4-8(5-10(18)6-9)14(19)7-11-12(16)2-1-3-13(11)17/h1-6H,7H2. The molecule has 0 aliphatic carbocycles. The Bertz CT molecular complexity index is 603. The van der Waals surface area contributed by atoms with E-state index in [1.54, 1.807) is 24.3 Å². The predicted octanol–water partition coefficient (Wildman–Crippen LogP) is 5.32. The van der Waals surface area contributed by atoms with Gasteiger partial charge in [-0.2, -0.15) is 0 Å². The molecule has 0 bridgehead atoms. The highest BCUT2D eigenvalue weighted by Gasteiger charge is 2.13. The maximum Gasteiger partial charge on any atom is 0.167 e. The van der Waals surface area contributed by atoms with Crippen molar-refractivity contribution in [2.24, 2.45) is 0 Å². The molecule has 0 saturated heterocycles. The van der Waals surface area contributed by atoms with Gasteiger partial charge in [0.25, 0.3) is 0 Å². The summed E-state index contributed by atoms with van der Waals surface area (Å²) in [5, 5.41) is 0.854. The molecule has 0 atom stereocenters. The lowest BCUT2D eigenvalue weighted by molar-refractivity contribution is 0.0992. The fourth-order valence-electron chi connectivity index (χ4n) is 1.68. The van der Waals surface area contributed by atoms with E-state index in [1.807, 2.05) is 0 Å². The summed E-state index contributed by atoms with van der Waals surface area (Å²) in [7, 11) is 0. The van der Waals surface area contributed by atoms with Crippen LogP contribution in [0.15, 0.2) is 40.9 Å². The Balaban J connectivity index is 2.31. The minimum Gasteiger partial charge on any atom is -0.294 e. The third kappa shape index (κ3) is 3.56. The lowest BCUT2D eigenvalue weighted by Crippen LogP contribution is -2.05. The first-order valence-electron chi connectivity index (χ1n) is 5.39. The third-order valence-corrected chi connectivity index (χ3v) is 3.75. The number of hydrogen-bond donors (Lipinski definition) is 0. The average molecular weight is 362 g/mol. The molecule has 1 nitrogen and oxygen atoms in total. The van der Waals surface area contributed by atoms with Gasteiger partial charge in [0.15, 0.2) is 5.78 Å². The van der Waals surface area contributed by atoms with Crippen LogP contribution >= 0.6 is 39.1 Å². The second-order valence-electron chi connectivity index (χ2n) is 3.96. The molecule has 0 N–H and O–H groups in total. The summed E-state index contributed by atoms with van der Waals surface area (Å²) >= 11 is 15.2. The Morgan fingerprint density at radius 2 is 1.79 bits per heavy atom. The summed E-state index contributed by atoms with van der Waals surface area (Å²) < 4.78 is 13.8. The number of benzene rings is 2. The van der Waals surface area contributed by atoms with E-state index in [0.717, 1.165) is 0 Å². The highest BCUT2D eigenvalue weighted by molar-refractivity contribution is 9.10. The third-order valence-electron chi connectivity index (χ3n) is 2.58. The van der Waals surface area contributed by atoms with Crippen LogP contribution in [0.2, 0.25) is 10.0 Å². The Kier molecular flexibility index (Phi) is 4.61. The zero-order valence-electron chi connectivity index (χ0n) is 9.59. The van der Waals surface area contributed by atoms with Crippen molar-refractivity contribution < 1.29 is 9.18 Å². The fraction of sp³-hybridized carbons (Fsp3) is 0.0714. The first kappa shape index (κ1) is 14.5. The molecule has 0 amide bonds. The van der Waals surface area contributed by atoms with E-state index in [1.165, 1.54) is 12.1 Å². The van der Waals surface area contributed by atoms with E-state index < -0.39 is 5.82 Å². The summed E-state index contributed by atoms with van der Waals surface area (Å²) in [5.41, 5.74) is 0.832. The molecule has 0 aliphatic heterocycles. The molecular formula is C14H8BrCl2FO. The van der Waals surface area contributed by atoms with Gasteiger partial charge in [0.1, 0.15) is 5.82 Å². The maximum atomic E-state index is 13.3. The van der Waals surface area contributed by atoms with Gasteiger partial charge in [0, 0.05) is 26.5 Å². The van der Waals surface area contributed by atoms with Gasteiger partial charge in [-0.1, -0.05) is 45.2 Å². The average Bonchev–Trinajstić information content (AvgIpc) is 2.32.